The summed E-state index contributed by atoms with van der Waals surface area (Å²) in [5.41, 5.74) is 9.73. The van der Waals surface area contributed by atoms with E-state index in [4.69, 9.17) is 4.42 Å². The molecule has 0 amide bonds. The van der Waals surface area contributed by atoms with Gasteiger partial charge in [0.15, 0.2) is 5.58 Å². The molecule has 0 aliphatic rings. The standard InChI is InChI=1S/C44H29NO/c1-2-11-30(12-3-1)31-21-25-35(26-22-31)45(36-27-23-33(24-28-36)38-19-10-15-32-13-4-6-16-37(32)38)43-39-17-7-5-14-34(39)29-41-40-18-8-9-20-42(40)46-44(41)43/h1-29H. The molecule has 1 aromatic heterocycles. The predicted octanol–water partition coefficient (Wildman–Crippen LogP) is 12.7. The van der Waals surface area contributed by atoms with E-state index in [1.807, 2.05) is 6.07 Å². The Bertz CT molecular complexity index is 2500. The quantitative estimate of drug-likeness (QED) is 0.199. The van der Waals surface area contributed by atoms with Gasteiger partial charge in [0.2, 0.25) is 0 Å². The Labute approximate surface area is 267 Å². The molecular formula is C44H29NO. The first-order valence-electron chi connectivity index (χ1n) is 15.7. The van der Waals surface area contributed by atoms with Gasteiger partial charge in [0.25, 0.3) is 0 Å². The van der Waals surface area contributed by atoms with Crippen molar-refractivity contribution in [1.29, 1.82) is 0 Å². The minimum Gasteiger partial charge on any atom is -0.454 e. The molecule has 216 valence electrons. The van der Waals surface area contributed by atoms with Crippen molar-refractivity contribution < 1.29 is 4.42 Å². The Morgan fingerprint density at radius 2 is 0.935 bits per heavy atom. The predicted molar refractivity (Wildman–Crippen MR) is 194 cm³/mol. The van der Waals surface area contributed by atoms with Crippen LogP contribution in [-0.4, -0.2) is 0 Å². The normalized spacial score (nSPS) is 11.5. The van der Waals surface area contributed by atoms with Crippen LogP contribution in [0.15, 0.2) is 180 Å². The maximum absolute atomic E-state index is 6.71. The van der Waals surface area contributed by atoms with Gasteiger partial charge in [-0.05, 0) is 74.8 Å². The largest absolute Gasteiger partial charge is 0.454 e. The van der Waals surface area contributed by atoms with Crippen LogP contribution in [0.25, 0.3) is 65.7 Å². The fraction of sp³-hybridized carbons (Fsp3) is 0. The Kier molecular flexibility index (Phi) is 6.17. The number of hydrogen-bond acceptors (Lipinski definition) is 2. The summed E-state index contributed by atoms with van der Waals surface area (Å²) in [6.07, 6.45) is 0. The van der Waals surface area contributed by atoms with Crippen molar-refractivity contribution in [1.82, 2.24) is 0 Å². The van der Waals surface area contributed by atoms with E-state index < -0.39 is 0 Å². The maximum atomic E-state index is 6.71. The highest BCUT2D eigenvalue weighted by molar-refractivity contribution is 6.19. The van der Waals surface area contributed by atoms with Crippen molar-refractivity contribution in [3.05, 3.63) is 176 Å². The summed E-state index contributed by atoms with van der Waals surface area (Å²) in [5, 5.41) is 7.04. The minimum atomic E-state index is 0.880. The van der Waals surface area contributed by atoms with E-state index in [1.54, 1.807) is 0 Å². The minimum absolute atomic E-state index is 0.880. The molecule has 0 bridgehead atoms. The summed E-state index contributed by atoms with van der Waals surface area (Å²) in [6, 6.07) is 62.7. The van der Waals surface area contributed by atoms with Crippen molar-refractivity contribution >= 4 is 60.5 Å². The summed E-state index contributed by atoms with van der Waals surface area (Å²) in [7, 11) is 0. The molecule has 0 atom stereocenters. The molecule has 0 N–H and O–H groups in total. The summed E-state index contributed by atoms with van der Waals surface area (Å²) in [5.74, 6) is 0. The monoisotopic (exact) mass is 587 g/mol. The van der Waals surface area contributed by atoms with Gasteiger partial charge in [0.05, 0.1) is 5.69 Å². The van der Waals surface area contributed by atoms with E-state index in [9.17, 15) is 0 Å². The van der Waals surface area contributed by atoms with E-state index in [0.717, 1.165) is 44.4 Å². The number of para-hydroxylation sites is 1. The average molecular weight is 588 g/mol. The highest BCUT2D eigenvalue weighted by Gasteiger charge is 2.23. The van der Waals surface area contributed by atoms with E-state index in [0.29, 0.717) is 0 Å². The lowest BCUT2D eigenvalue weighted by Crippen LogP contribution is -2.11. The summed E-state index contributed by atoms with van der Waals surface area (Å²) in [4.78, 5) is 2.36. The molecule has 0 saturated carbocycles. The number of nitrogens with zero attached hydrogens (tertiary/aromatic N) is 1. The first kappa shape index (κ1) is 26.3. The van der Waals surface area contributed by atoms with Crippen molar-refractivity contribution in [3.8, 4) is 22.3 Å². The van der Waals surface area contributed by atoms with Crippen LogP contribution in [0, 0.1) is 0 Å². The van der Waals surface area contributed by atoms with E-state index in [-0.39, 0.29) is 0 Å². The molecule has 9 rings (SSSR count). The van der Waals surface area contributed by atoms with Crippen molar-refractivity contribution in [2.75, 3.05) is 4.90 Å². The van der Waals surface area contributed by atoms with Gasteiger partial charge < -0.3 is 9.32 Å². The number of furan rings is 1. The molecule has 8 aromatic carbocycles. The Morgan fingerprint density at radius 1 is 0.370 bits per heavy atom. The smallest absolute Gasteiger partial charge is 0.160 e. The van der Waals surface area contributed by atoms with Crippen LogP contribution < -0.4 is 4.90 Å². The molecule has 9 aromatic rings. The highest BCUT2D eigenvalue weighted by Crippen LogP contribution is 2.47. The lowest BCUT2D eigenvalue weighted by Gasteiger charge is -2.27. The van der Waals surface area contributed by atoms with Crippen LogP contribution in [0.4, 0.5) is 17.1 Å². The third-order valence-corrected chi connectivity index (χ3v) is 9.05. The molecule has 0 aliphatic carbocycles. The van der Waals surface area contributed by atoms with Crippen LogP contribution in [0.2, 0.25) is 0 Å². The fourth-order valence-corrected chi connectivity index (χ4v) is 6.83. The van der Waals surface area contributed by atoms with Gasteiger partial charge in [-0.2, -0.15) is 0 Å². The van der Waals surface area contributed by atoms with E-state index in [2.05, 4.69) is 175 Å². The van der Waals surface area contributed by atoms with Gasteiger partial charge in [-0.15, -0.1) is 0 Å². The van der Waals surface area contributed by atoms with E-state index >= 15 is 0 Å². The molecule has 0 radical (unpaired) electrons. The second-order valence-corrected chi connectivity index (χ2v) is 11.7. The molecule has 0 aliphatic heterocycles. The SMILES string of the molecule is c1ccc(-c2ccc(N(c3ccc(-c4cccc5ccccc45)cc3)c3c4ccccc4cc4c3oc3ccccc34)cc2)cc1. The van der Waals surface area contributed by atoms with Crippen molar-refractivity contribution in [2.24, 2.45) is 0 Å². The zero-order valence-corrected chi connectivity index (χ0v) is 25.1. The molecule has 0 spiro atoms. The topological polar surface area (TPSA) is 16.4 Å². The molecule has 0 unspecified atom stereocenters. The second kappa shape index (κ2) is 10.8. The lowest BCUT2D eigenvalue weighted by molar-refractivity contribution is 0.669. The Balaban J connectivity index is 1.28. The summed E-state index contributed by atoms with van der Waals surface area (Å²) >= 11 is 0. The number of anilines is 3. The van der Waals surface area contributed by atoms with Gasteiger partial charge in [-0.1, -0.05) is 140 Å². The highest BCUT2D eigenvalue weighted by atomic mass is 16.3. The first-order valence-corrected chi connectivity index (χ1v) is 15.7. The van der Waals surface area contributed by atoms with E-state index in [1.165, 1.54) is 38.4 Å². The van der Waals surface area contributed by atoms with Crippen LogP contribution in [0.5, 0.6) is 0 Å². The molecule has 0 saturated heterocycles. The molecule has 0 fully saturated rings. The Morgan fingerprint density at radius 3 is 1.70 bits per heavy atom. The van der Waals surface area contributed by atoms with Gasteiger partial charge in [-0.25, -0.2) is 0 Å². The number of rotatable bonds is 5. The first-order chi connectivity index (χ1) is 22.8. The molecule has 1 heterocycles. The number of hydrogen-bond donors (Lipinski definition) is 0. The summed E-state index contributed by atoms with van der Waals surface area (Å²) in [6.45, 7) is 0. The van der Waals surface area contributed by atoms with Crippen LogP contribution in [-0.2, 0) is 0 Å². The third kappa shape index (κ3) is 4.35. The maximum Gasteiger partial charge on any atom is 0.160 e. The van der Waals surface area contributed by atoms with Crippen LogP contribution in [0.3, 0.4) is 0 Å². The molecule has 46 heavy (non-hydrogen) atoms. The van der Waals surface area contributed by atoms with Gasteiger partial charge in [-0.3, -0.25) is 0 Å². The zero-order valence-electron chi connectivity index (χ0n) is 25.1. The van der Waals surface area contributed by atoms with Gasteiger partial charge >= 0.3 is 0 Å². The number of fused-ring (bicyclic) bond motifs is 5. The lowest BCUT2D eigenvalue weighted by atomic mass is 9.97. The van der Waals surface area contributed by atoms with Crippen LogP contribution >= 0.6 is 0 Å². The third-order valence-electron chi connectivity index (χ3n) is 9.05. The molecular weight excluding hydrogens is 558 g/mol. The zero-order chi connectivity index (χ0) is 30.5. The van der Waals surface area contributed by atoms with Gasteiger partial charge in [0, 0.05) is 27.5 Å². The molecule has 2 heteroatoms. The number of benzene rings is 8. The van der Waals surface area contributed by atoms with Crippen LogP contribution in [0.1, 0.15) is 0 Å². The van der Waals surface area contributed by atoms with Crippen molar-refractivity contribution in [2.45, 2.75) is 0 Å². The Hall–Kier alpha value is -6.12. The summed E-state index contributed by atoms with van der Waals surface area (Å²) < 4.78 is 6.71. The average Bonchev–Trinajstić information content (AvgIpc) is 3.50. The fourth-order valence-electron chi connectivity index (χ4n) is 6.83. The second-order valence-electron chi connectivity index (χ2n) is 11.7. The van der Waals surface area contributed by atoms with Crippen molar-refractivity contribution in [3.63, 3.8) is 0 Å². The van der Waals surface area contributed by atoms with Gasteiger partial charge in [0.1, 0.15) is 5.58 Å². The molecule has 2 nitrogen and oxygen atoms in total.